The number of ether oxygens (including phenoxy) is 3. The summed E-state index contributed by atoms with van der Waals surface area (Å²) in [6.45, 7) is 0.986. The Balaban J connectivity index is 1.69. The van der Waals surface area contributed by atoms with Gasteiger partial charge in [0.1, 0.15) is 5.00 Å². The number of methoxy groups -OCH3 is 2. The number of thiophene rings is 1. The quantitative estimate of drug-likeness (QED) is 0.646. The number of anilines is 1. The van der Waals surface area contributed by atoms with Crippen molar-refractivity contribution in [2.45, 2.75) is 50.5 Å². The van der Waals surface area contributed by atoms with Crippen LogP contribution >= 0.6 is 11.3 Å². The molecule has 1 atom stereocenters. The van der Waals surface area contributed by atoms with E-state index in [1.165, 1.54) is 25.6 Å². The Labute approximate surface area is 174 Å². The summed E-state index contributed by atoms with van der Waals surface area (Å²) in [4.78, 5) is 37.9. The van der Waals surface area contributed by atoms with E-state index in [4.69, 9.17) is 14.2 Å². The summed E-state index contributed by atoms with van der Waals surface area (Å²) in [7, 11) is 2.70. The monoisotopic (exact) mass is 424 g/mol. The first-order valence-corrected chi connectivity index (χ1v) is 10.7. The van der Waals surface area contributed by atoms with E-state index in [1.54, 1.807) is 0 Å². The molecule has 29 heavy (non-hydrogen) atoms. The Kier molecular flexibility index (Phi) is 7.26. The van der Waals surface area contributed by atoms with Gasteiger partial charge in [-0.2, -0.15) is 0 Å². The van der Waals surface area contributed by atoms with E-state index >= 15 is 0 Å². The maximum Gasteiger partial charge on any atom is 0.341 e. The summed E-state index contributed by atoms with van der Waals surface area (Å²) in [5.74, 6) is -1.04. The zero-order chi connectivity index (χ0) is 20.9. The fourth-order valence-corrected chi connectivity index (χ4v) is 5.25. The molecule has 1 unspecified atom stereocenters. The molecule has 2 heterocycles. The molecule has 0 aromatic carbocycles. The number of aryl methyl sites for hydroxylation is 1. The largest absolute Gasteiger partial charge is 0.469 e. The highest BCUT2D eigenvalue weighted by atomic mass is 32.1. The van der Waals surface area contributed by atoms with Gasteiger partial charge in [-0.3, -0.25) is 9.59 Å². The molecule has 8 nitrogen and oxygen atoms in total. The minimum absolute atomic E-state index is 0.00351. The fourth-order valence-electron chi connectivity index (χ4n) is 3.95. The van der Waals surface area contributed by atoms with Gasteiger partial charge in [0.05, 0.1) is 44.9 Å². The molecule has 1 amide bonds. The molecule has 0 radical (unpaired) electrons. The number of esters is 2. The number of carbonyl (C=O) groups is 3. The van der Waals surface area contributed by atoms with E-state index in [1.807, 2.05) is 0 Å². The molecule has 160 valence electrons. The second-order valence-corrected chi connectivity index (χ2v) is 8.60. The number of amides is 1. The summed E-state index contributed by atoms with van der Waals surface area (Å²) >= 11 is 1.45. The number of rotatable bonds is 7. The van der Waals surface area contributed by atoms with Crippen LogP contribution in [0.15, 0.2) is 0 Å². The molecule has 3 rings (SSSR count). The van der Waals surface area contributed by atoms with Crippen LogP contribution in [0.1, 0.15) is 52.9 Å². The number of hydrogen-bond donors (Lipinski definition) is 2. The van der Waals surface area contributed by atoms with Gasteiger partial charge in [0.15, 0.2) is 0 Å². The molecule has 1 saturated heterocycles. The van der Waals surface area contributed by atoms with Crippen molar-refractivity contribution in [1.29, 1.82) is 0 Å². The topological polar surface area (TPSA) is 103 Å². The standard InChI is InChI=1S/C20H28N2O6S/c1-26-16(24)10-20(8-5-9-28-12-20)21-11-15(23)22-18-17(19(25)27-2)13-6-3-4-7-14(13)29-18/h21H,3-12H2,1-2H3,(H,22,23). The molecule has 2 aliphatic rings. The lowest BCUT2D eigenvalue weighted by molar-refractivity contribution is -0.144. The van der Waals surface area contributed by atoms with Crippen molar-refractivity contribution < 1.29 is 28.6 Å². The average molecular weight is 425 g/mol. The van der Waals surface area contributed by atoms with Gasteiger partial charge < -0.3 is 24.8 Å². The second kappa shape index (κ2) is 9.69. The third-order valence-electron chi connectivity index (χ3n) is 5.47. The highest BCUT2D eigenvalue weighted by Crippen LogP contribution is 2.38. The Morgan fingerprint density at radius 1 is 1.14 bits per heavy atom. The zero-order valence-corrected chi connectivity index (χ0v) is 17.7. The van der Waals surface area contributed by atoms with Crippen molar-refractivity contribution in [2.75, 3.05) is 39.3 Å². The first kappa shape index (κ1) is 21.7. The van der Waals surface area contributed by atoms with Crippen LogP contribution in [0.25, 0.3) is 0 Å². The van der Waals surface area contributed by atoms with E-state index in [0.717, 1.165) is 49.0 Å². The van der Waals surface area contributed by atoms with Crippen molar-refractivity contribution in [3.63, 3.8) is 0 Å². The van der Waals surface area contributed by atoms with Crippen LogP contribution in [0.2, 0.25) is 0 Å². The first-order chi connectivity index (χ1) is 14.0. The van der Waals surface area contributed by atoms with Crippen LogP contribution in [-0.4, -0.2) is 57.4 Å². The van der Waals surface area contributed by atoms with E-state index in [-0.39, 0.29) is 24.8 Å². The summed E-state index contributed by atoms with van der Waals surface area (Å²) in [5, 5.41) is 6.60. The zero-order valence-electron chi connectivity index (χ0n) is 16.9. The van der Waals surface area contributed by atoms with Gasteiger partial charge in [-0.15, -0.1) is 11.3 Å². The van der Waals surface area contributed by atoms with Crippen LogP contribution in [0.3, 0.4) is 0 Å². The summed E-state index contributed by atoms with van der Waals surface area (Å²) in [6, 6.07) is 0. The minimum atomic E-state index is -0.622. The Morgan fingerprint density at radius 3 is 2.62 bits per heavy atom. The van der Waals surface area contributed by atoms with E-state index in [9.17, 15) is 14.4 Å². The number of fused-ring (bicyclic) bond motifs is 1. The normalized spacial score (nSPS) is 21.2. The average Bonchev–Trinajstić information content (AvgIpc) is 3.10. The smallest absolute Gasteiger partial charge is 0.341 e. The van der Waals surface area contributed by atoms with Crippen LogP contribution in [-0.2, 0) is 36.6 Å². The predicted molar refractivity (Wildman–Crippen MR) is 108 cm³/mol. The number of carbonyl (C=O) groups excluding carboxylic acids is 3. The van der Waals surface area contributed by atoms with Crippen molar-refractivity contribution >= 4 is 34.2 Å². The van der Waals surface area contributed by atoms with E-state index in [0.29, 0.717) is 23.8 Å². The fraction of sp³-hybridized carbons (Fsp3) is 0.650. The van der Waals surface area contributed by atoms with Gasteiger partial charge in [-0.1, -0.05) is 0 Å². The van der Waals surface area contributed by atoms with E-state index < -0.39 is 11.5 Å². The molecule has 1 aromatic heterocycles. The summed E-state index contributed by atoms with van der Waals surface area (Å²) in [6.07, 6.45) is 5.50. The molecule has 1 aromatic rings. The van der Waals surface area contributed by atoms with Crippen LogP contribution in [0.5, 0.6) is 0 Å². The van der Waals surface area contributed by atoms with Gasteiger partial charge >= 0.3 is 11.9 Å². The lowest BCUT2D eigenvalue weighted by Crippen LogP contribution is -2.55. The maximum absolute atomic E-state index is 12.7. The molecule has 0 spiro atoms. The molecule has 1 aliphatic heterocycles. The third-order valence-corrected chi connectivity index (χ3v) is 6.68. The highest BCUT2D eigenvalue weighted by molar-refractivity contribution is 7.17. The molecule has 0 bridgehead atoms. The Bertz CT molecular complexity index is 769. The maximum atomic E-state index is 12.7. The van der Waals surface area contributed by atoms with Crippen molar-refractivity contribution in [3.05, 3.63) is 16.0 Å². The van der Waals surface area contributed by atoms with Gasteiger partial charge in [-0.25, -0.2) is 4.79 Å². The molecule has 2 N–H and O–H groups in total. The number of nitrogens with one attached hydrogen (secondary N) is 2. The summed E-state index contributed by atoms with van der Waals surface area (Å²) < 4.78 is 15.3. The van der Waals surface area contributed by atoms with Gasteiger partial charge in [0.25, 0.3) is 0 Å². The first-order valence-electron chi connectivity index (χ1n) is 9.90. The predicted octanol–water partition coefficient (Wildman–Crippen LogP) is 2.05. The lowest BCUT2D eigenvalue weighted by Gasteiger charge is -2.37. The molecule has 0 saturated carbocycles. The second-order valence-electron chi connectivity index (χ2n) is 7.50. The van der Waals surface area contributed by atoms with Crippen LogP contribution in [0.4, 0.5) is 5.00 Å². The molecular formula is C20H28N2O6S. The minimum Gasteiger partial charge on any atom is -0.469 e. The van der Waals surface area contributed by atoms with Gasteiger partial charge in [-0.05, 0) is 44.1 Å². The third kappa shape index (κ3) is 5.15. The molecule has 1 fully saturated rings. The van der Waals surface area contributed by atoms with Crippen molar-refractivity contribution in [2.24, 2.45) is 0 Å². The van der Waals surface area contributed by atoms with E-state index in [2.05, 4.69) is 10.6 Å². The van der Waals surface area contributed by atoms with Crippen LogP contribution in [0, 0.1) is 0 Å². The Morgan fingerprint density at radius 2 is 1.93 bits per heavy atom. The number of hydrogen-bond acceptors (Lipinski definition) is 8. The SMILES string of the molecule is COC(=O)CC1(NCC(=O)Nc2sc3c(c2C(=O)OC)CCCC3)CCCOC1. The van der Waals surface area contributed by atoms with Crippen molar-refractivity contribution in [1.82, 2.24) is 5.32 Å². The van der Waals surface area contributed by atoms with Gasteiger partial charge in [0, 0.05) is 11.5 Å². The summed E-state index contributed by atoms with van der Waals surface area (Å²) in [5.41, 5.74) is 0.854. The Hall–Kier alpha value is -1.97. The van der Waals surface area contributed by atoms with Crippen molar-refractivity contribution in [3.8, 4) is 0 Å². The molecule has 1 aliphatic carbocycles. The highest BCUT2D eigenvalue weighted by Gasteiger charge is 2.36. The van der Waals surface area contributed by atoms with Crippen LogP contribution < -0.4 is 10.6 Å². The van der Waals surface area contributed by atoms with Gasteiger partial charge in [0.2, 0.25) is 5.91 Å². The molecular weight excluding hydrogens is 396 g/mol. The molecule has 9 heteroatoms. The lowest BCUT2D eigenvalue weighted by atomic mass is 9.88.